The third-order valence-electron chi connectivity index (χ3n) is 5.90. The quantitative estimate of drug-likeness (QED) is 0.321. The number of nitrogens with zero attached hydrogens (tertiary/aromatic N) is 2. The summed E-state index contributed by atoms with van der Waals surface area (Å²) >= 11 is 13.1. The zero-order valence-electron chi connectivity index (χ0n) is 17.7. The van der Waals surface area contributed by atoms with Gasteiger partial charge in [-0.15, -0.1) is 0 Å². The van der Waals surface area contributed by atoms with Gasteiger partial charge in [0.1, 0.15) is 4.32 Å². The number of amides is 2. The lowest BCUT2D eigenvalue weighted by Gasteiger charge is -2.23. The SMILES string of the molecule is C[C@H](c1ccccc1)N1C(=O)/C(=C2/C(=O)N(Cc3ccccc3Cl)c3ccccc32)SC1=S. The second-order valence-corrected chi connectivity index (χ2v) is 9.89. The fourth-order valence-electron chi connectivity index (χ4n) is 4.20. The van der Waals surface area contributed by atoms with E-state index in [0.717, 1.165) is 22.4 Å². The maximum Gasteiger partial charge on any atom is 0.267 e. The molecule has 0 aliphatic carbocycles. The van der Waals surface area contributed by atoms with Gasteiger partial charge in [-0.25, -0.2) is 0 Å². The minimum Gasteiger partial charge on any atom is -0.303 e. The van der Waals surface area contributed by atoms with Gasteiger partial charge in [0.25, 0.3) is 11.8 Å². The van der Waals surface area contributed by atoms with E-state index < -0.39 is 0 Å². The molecule has 2 heterocycles. The Morgan fingerprint density at radius 3 is 2.33 bits per heavy atom. The molecular weight excluding hydrogens is 472 g/mol. The average Bonchev–Trinajstić information content (AvgIpc) is 3.27. The molecule has 0 spiro atoms. The zero-order chi connectivity index (χ0) is 23.1. The Morgan fingerprint density at radius 1 is 0.909 bits per heavy atom. The first kappa shape index (κ1) is 21.9. The van der Waals surface area contributed by atoms with Crippen molar-refractivity contribution in [3.63, 3.8) is 0 Å². The third-order valence-corrected chi connectivity index (χ3v) is 7.67. The second-order valence-electron chi connectivity index (χ2n) is 7.83. The van der Waals surface area contributed by atoms with Crippen LogP contribution in [0.5, 0.6) is 0 Å². The molecule has 0 radical (unpaired) electrons. The van der Waals surface area contributed by atoms with Crippen molar-refractivity contribution in [3.8, 4) is 0 Å². The summed E-state index contributed by atoms with van der Waals surface area (Å²) in [6.45, 7) is 2.27. The Labute approximate surface area is 206 Å². The van der Waals surface area contributed by atoms with Crippen LogP contribution in [0.25, 0.3) is 5.57 Å². The Bertz CT molecular complexity index is 1320. The van der Waals surface area contributed by atoms with E-state index in [-0.39, 0.29) is 17.9 Å². The highest BCUT2D eigenvalue weighted by atomic mass is 35.5. The van der Waals surface area contributed by atoms with Crippen LogP contribution in [0.3, 0.4) is 0 Å². The predicted molar refractivity (Wildman–Crippen MR) is 138 cm³/mol. The number of benzene rings is 3. The summed E-state index contributed by atoms with van der Waals surface area (Å²) in [6, 6.07) is 24.5. The number of carbonyl (C=O) groups excluding carboxylic acids is 2. The van der Waals surface area contributed by atoms with Gasteiger partial charge in [-0.3, -0.25) is 14.5 Å². The molecule has 0 bridgehead atoms. The van der Waals surface area contributed by atoms with E-state index in [1.807, 2.05) is 79.7 Å². The monoisotopic (exact) mass is 490 g/mol. The number of para-hydroxylation sites is 1. The largest absolute Gasteiger partial charge is 0.303 e. The van der Waals surface area contributed by atoms with Crippen LogP contribution in [-0.2, 0) is 16.1 Å². The van der Waals surface area contributed by atoms with Crippen molar-refractivity contribution >= 4 is 63.0 Å². The molecule has 164 valence electrons. The first-order valence-electron chi connectivity index (χ1n) is 10.5. The average molecular weight is 491 g/mol. The Hall–Kier alpha value is -2.93. The number of halogens is 1. The molecule has 4 nitrogen and oxygen atoms in total. The molecule has 7 heteroatoms. The zero-order valence-corrected chi connectivity index (χ0v) is 20.1. The van der Waals surface area contributed by atoms with Gasteiger partial charge in [0, 0.05) is 10.6 Å². The van der Waals surface area contributed by atoms with Gasteiger partial charge < -0.3 is 4.90 Å². The van der Waals surface area contributed by atoms with Gasteiger partial charge in [0.15, 0.2) is 0 Å². The Balaban J connectivity index is 1.55. The van der Waals surface area contributed by atoms with Crippen molar-refractivity contribution in [2.75, 3.05) is 4.90 Å². The van der Waals surface area contributed by atoms with Gasteiger partial charge in [0.05, 0.1) is 28.8 Å². The maximum atomic E-state index is 13.7. The molecule has 0 N–H and O–H groups in total. The van der Waals surface area contributed by atoms with Crippen LogP contribution < -0.4 is 4.90 Å². The highest BCUT2D eigenvalue weighted by Gasteiger charge is 2.43. The van der Waals surface area contributed by atoms with Crippen LogP contribution >= 0.6 is 35.6 Å². The topological polar surface area (TPSA) is 40.6 Å². The number of hydrogen-bond donors (Lipinski definition) is 0. The van der Waals surface area contributed by atoms with Gasteiger partial charge >= 0.3 is 0 Å². The molecule has 3 aromatic rings. The summed E-state index contributed by atoms with van der Waals surface area (Å²) in [5.74, 6) is -0.455. The first-order valence-corrected chi connectivity index (χ1v) is 12.1. The van der Waals surface area contributed by atoms with Crippen molar-refractivity contribution in [3.05, 3.63) is 105 Å². The molecule has 2 aliphatic heterocycles. The highest BCUT2D eigenvalue weighted by Crippen LogP contribution is 2.46. The van der Waals surface area contributed by atoms with Crippen molar-refractivity contribution in [1.82, 2.24) is 4.90 Å². The van der Waals surface area contributed by atoms with Crippen molar-refractivity contribution < 1.29 is 9.59 Å². The summed E-state index contributed by atoms with van der Waals surface area (Å²) in [6.07, 6.45) is 0. The first-order chi connectivity index (χ1) is 16.0. The third kappa shape index (κ3) is 3.78. The van der Waals surface area contributed by atoms with Gasteiger partial charge in [-0.1, -0.05) is 102 Å². The minimum absolute atomic E-state index is 0.219. The normalized spacial score (nSPS) is 18.8. The van der Waals surface area contributed by atoms with Gasteiger partial charge in [0.2, 0.25) is 0 Å². The van der Waals surface area contributed by atoms with E-state index in [4.69, 9.17) is 23.8 Å². The van der Waals surface area contributed by atoms with Crippen LogP contribution in [0, 0.1) is 0 Å². The molecule has 0 saturated carbocycles. The highest BCUT2D eigenvalue weighted by molar-refractivity contribution is 8.26. The molecule has 33 heavy (non-hydrogen) atoms. The van der Waals surface area contributed by atoms with E-state index in [0.29, 0.717) is 26.4 Å². The number of fused-ring (bicyclic) bond motifs is 1. The summed E-state index contributed by atoms with van der Waals surface area (Å²) < 4.78 is 0.452. The molecule has 5 rings (SSSR count). The van der Waals surface area contributed by atoms with Crippen LogP contribution in [0.15, 0.2) is 83.8 Å². The molecule has 0 aromatic heterocycles. The summed E-state index contributed by atoms with van der Waals surface area (Å²) in [5, 5.41) is 0.597. The van der Waals surface area contributed by atoms with Crippen LogP contribution in [0.1, 0.15) is 29.7 Å². The predicted octanol–water partition coefficient (Wildman–Crippen LogP) is 6.22. The lowest BCUT2D eigenvalue weighted by atomic mass is 10.1. The molecule has 1 fully saturated rings. The van der Waals surface area contributed by atoms with Crippen LogP contribution in [0.4, 0.5) is 5.69 Å². The van der Waals surface area contributed by atoms with Gasteiger partial charge in [-0.05, 0) is 30.2 Å². The van der Waals surface area contributed by atoms with E-state index in [1.165, 1.54) is 11.8 Å². The molecule has 2 aliphatic rings. The molecular formula is C26H19ClN2O2S2. The molecule has 2 amide bonds. The molecule has 1 saturated heterocycles. The van der Waals surface area contributed by atoms with Crippen LogP contribution in [-0.4, -0.2) is 21.0 Å². The Morgan fingerprint density at radius 2 is 1.58 bits per heavy atom. The Kier molecular flexibility index (Phi) is 5.83. The number of rotatable bonds is 4. The van der Waals surface area contributed by atoms with E-state index >= 15 is 0 Å². The fraction of sp³-hybridized carbons (Fsp3) is 0.115. The molecule has 3 aromatic carbocycles. The van der Waals surface area contributed by atoms with Crippen LogP contribution in [0.2, 0.25) is 5.02 Å². The number of anilines is 1. The van der Waals surface area contributed by atoms with Crippen molar-refractivity contribution in [2.24, 2.45) is 0 Å². The molecule has 0 unspecified atom stereocenters. The standard InChI is InChI=1S/C26H19ClN2O2S2/c1-16(17-9-3-2-4-10-17)29-25(31)23(33-26(29)32)22-19-12-6-8-14-21(19)28(24(22)30)15-18-11-5-7-13-20(18)27/h2-14,16H,15H2,1H3/b23-22-/t16-/m1/s1. The number of thiocarbonyl (C=S) groups is 1. The summed E-state index contributed by atoms with van der Waals surface area (Å²) in [5.41, 5.74) is 3.73. The van der Waals surface area contributed by atoms with E-state index in [2.05, 4.69) is 0 Å². The second kappa shape index (κ2) is 8.78. The summed E-state index contributed by atoms with van der Waals surface area (Å²) in [7, 11) is 0. The molecule has 1 atom stereocenters. The van der Waals surface area contributed by atoms with Crippen molar-refractivity contribution in [2.45, 2.75) is 19.5 Å². The van der Waals surface area contributed by atoms with E-state index in [9.17, 15) is 9.59 Å². The fourth-order valence-corrected chi connectivity index (χ4v) is 5.88. The lowest BCUT2D eigenvalue weighted by Crippen LogP contribution is -2.31. The maximum absolute atomic E-state index is 13.7. The number of thioether (sulfide) groups is 1. The smallest absolute Gasteiger partial charge is 0.267 e. The minimum atomic E-state index is -0.237. The number of carbonyl (C=O) groups is 2. The lowest BCUT2D eigenvalue weighted by molar-refractivity contribution is -0.123. The summed E-state index contributed by atoms with van der Waals surface area (Å²) in [4.78, 5) is 30.9. The van der Waals surface area contributed by atoms with Gasteiger partial charge in [-0.2, -0.15) is 0 Å². The van der Waals surface area contributed by atoms with Crippen molar-refractivity contribution in [1.29, 1.82) is 0 Å². The number of hydrogen-bond acceptors (Lipinski definition) is 4. The van der Waals surface area contributed by atoms with E-state index in [1.54, 1.807) is 15.9 Å².